The first-order chi connectivity index (χ1) is 13.7. The van der Waals surface area contributed by atoms with Crippen LogP contribution in [0.25, 0.3) is 5.57 Å². The number of ether oxygens (including phenoxy) is 1. The maximum Gasteiger partial charge on any atom is 0.284 e. The molecule has 158 valence electrons. The molecule has 0 saturated carbocycles. The van der Waals surface area contributed by atoms with E-state index in [0.29, 0.717) is 30.4 Å². The summed E-state index contributed by atoms with van der Waals surface area (Å²) in [5.74, 6) is -1.66. The zero-order valence-electron chi connectivity index (χ0n) is 16.8. The zero-order chi connectivity index (χ0) is 22.1. The number of rotatable bonds is 6. The average Bonchev–Trinajstić information content (AvgIpc) is 2.90. The van der Waals surface area contributed by atoms with Crippen LogP contribution in [0.2, 0.25) is 0 Å². The van der Waals surface area contributed by atoms with Crippen molar-refractivity contribution in [3.63, 3.8) is 0 Å². The van der Waals surface area contributed by atoms with Gasteiger partial charge in [-0.05, 0) is 54.0 Å². The van der Waals surface area contributed by atoms with Crippen LogP contribution in [0.1, 0.15) is 44.2 Å². The molecule has 0 N–H and O–H groups in total. The molecule has 1 aliphatic carbocycles. The molecule has 29 heavy (non-hydrogen) atoms. The van der Waals surface area contributed by atoms with E-state index in [-0.39, 0.29) is 17.6 Å². The molecule has 1 aliphatic rings. The molecule has 1 atom stereocenters. The molecule has 0 radical (unpaired) electrons. The third-order valence-electron chi connectivity index (χ3n) is 4.59. The van der Waals surface area contributed by atoms with Crippen LogP contribution in [0.4, 0.5) is 4.39 Å². The maximum atomic E-state index is 14.0. The number of halogens is 1. The van der Waals surface area contributed by atoms with Gasteiger partial charge in [0.25, 0.3) is 12.2 Å². The molecule has 1 unspecified atom stereocenters. The minimum Gasteiger partial charge on any atom is -0.493 e. The van der Waals surface area contributed by atoms with E-state index in [1.165, 1.54) is 19.2 Å². The molecule has 0 amide bonds. The van der Waals surface area contributed by atoms with Gasteiger partial charge in [-0.15, -0.1) is 0 Å². The van der Waals surface area contributed by atoms with Gasteiger partial charge in [0, 0.05) is 11.3 Å². The zero-order valence-corrected chi connectivity index (χ0v) is 16.8. The molecular weight excluding hydrogens is 383 g/mol. The average molecular weight is 408 g/mol. The van der Waals surface area contributed by atoms with Crippen LogP contribution in [-0.4, -0.2) is 23.5 Å². The summed E-state index contributed by atoms with van der Waals surface area (Å²) in [6.45, 7) is 6.77. The second kappa shape index (κ2) is 11.0. The van der Waals surface area contributed by atoms with Gasteiger partial charge in [0.2, 0.25) is 11.3 Å². The van der Waals surface area contributed by atoms with E-state index < -0.39 is 33.8 Å². The second-order valence-corrected chi connectivity index (χ2v) is 6.27. The van der Waals surface area contributed by atoms with Gasteiger partial charge in [-0.1, -0.05) is 26.5 Å². The Morgan fingerprint density at radius 3 is 2.52 bits per heavy atom. The SMILES string of the molecule is C=C1c2ccc(OC)c(=O)cc2CCCC1C/C(=C(/F)C[N+](=O)[O-])[N+](=O)[O-].CC. The Hall–Kier alpha value is -3.10. The number of hydrogen-bond donors (Lipinski definition) is 0. The van der Waals surface area contributed by atoms with Crippen molar-refractivity contribution >= 4 is 5.57 Å². The molecule has 2 rings (SSSR count). The molecule has 0 spiro atoms. The quantitative estimate of drug-likeness (QED) is 0.397. The van der Waals surface area contributed by atoms with E-state index in [9.17, 15) is 29.4 Å². The lowest BCUT2D eigenvalue weighted by molar-refractivity contribution is -0.479. The Labute approximate surface area is 168 Å². The molecule has 0 aliphatic heterocycles. The molecule has 1 aromatic carbocycles. The predicted molar refractivity (Wildman–Crippen MR) is 108 cm³/mol. The summed E-state index contributed by atoms with van der Waals surface area (Å²) in [6, 6.07) is 4.63. The fourth-order valence-corrected chi connectivity index (χ4v) is 3.22. The van der Waals surface area contributed by atoms with Gasteiger partial charge >= 0.3 is 0 Å². The van der Waals surface area contributed by atoms with Crippen molar-refractivity contribution in [1.82, 2.24) is 0 Å². The molecule has 9 heteroatoms. The van der Waals surface area contributed by atoms with Crippen LogP contribution in [-0.2, 0) is 6.42 Å². The topological polar surface area (TPSA) is 113 Å². The number of hydrogen-bond acceptors (Lipinski definition) is 6. The number of aryl methyl sites for hydroxylation is 1. The van der Waals surface area contributed by atoms with E-state index in [0.717, 1.165) is 5.56 Å². The molecule has 1 aromatic rings. The summed E-state index contributed by atoms with van der Waals surface area (Å²) in [4.78, 5) is 32.0. The Balaban J connectivity index is 0.00000204. The standard InChI is InChI=1S/C18H19FN2O6.C2H6/c1-11-12(8-16(21(25)26)15(19)10-20(23)24)4-3-5-13-9-17(22)18(27-2)7-6-14(11)13;1-2/h6-7,9,12H,1,3-5,8,10H2,2H3;1-2H3/b16-15-;. The first-order valence-electron chi connectivity index (χ1n) is 9.28. The molecular formula is C20H25FN2O6. The van der Waals surface area contributed by atoms with E-state index >= 15 is 0 Å². The third kappa shape index (κ3) is 6.20. The highest BCUT2D eigenvalue weighted by atomic mass is 19.1. The van der Waals surface area contributed by atoms with Crippen molar-refractivity contribution < 1.29 is 19.0 Å². The molecule has 0 heterocycles. The monoisotopic (exact) mass is 408 g/mol. The van der Waals surface area contributed by atoms with Crippen molar-refractivity contribution in [3.05, 3.63) is 77.9 Å². The fourth-order valence-electron chi connectivity index (χ4n) is 3.22. The van der Waals surface area contributed by atoms with E-state index in [1.807, 2.05) is 13.8 Å². The summed E-state index contributed by atoms with van der Waals surface area (Å²) in [5.41, 5.74) is 0.855. The van der Waals surface area contributed by atoms with Crippen molar-refractivity contribution in [2.45, 2.75) is 39.5 Å². The Kier molecular flexibility index (Phi) is 9.11. The second-order valence-electron chi connectivity index (χ2n) is 6.27. The molecule has 0 aromatic heterocycles. The molecule has 0 bridgehead atoms. The van der Waals surface area contributed by atoms with Crippen LogP contribution < -0.4 is 10.2 Å². The summed E-state index contributed by atoms with van der Waals surface area (Å²) >= 11 is 0. The van der Waals surface area contributed by atoms with E-state index in [4.69, 9.17) is 4.74 Å². The molecule has 8 nitrogen and oxygen atoms in total. The maximum absolute atomic E-state index is 14.0. The Bertz CT molecular complexity index is 882. The van der Waals surface area contributed by atoms with Crippen molar-refractivity contribution in [2.75, 3.05) is 13.7 Å². The number of nitrogens with zero attached hydrogens (tertiary/aromatic N) is 2. The van der Waals surface area contributed by atoms with Gasteiger partial charge in [0.15, 0.2) is 5.75 Å². The van der Waals surface area contributed by atoms with E-state index in [2.05, 4.69) is 6.58 Å². The van der Waals surface area contributed by atoms with Gasteiger partial charge in [0.05, 0.1) is 12.0 Å². The van der Waals surface area contributed by atoms with Crippen LogP contribution in [0.3, 0.4) is 0 Å². The van der Waals surface area contributed by atoms with Gasteiger partial charge in [0.1, 0.15) is 0 Å². The highest BCUT2D eigenvalue weighted by molar-refractivity contribution is 5.69. The summed E-state index contributed by atoms with van der Waals surface area (Å²) in [5, 5.41) is 21.7. The van der Waals surface area contributed by atoms with Crippen LogP contribution in [0.15, 0.2) is 41.1 Å². The number of fused-ring (bicyclic) bond motifs is 1. The minimum atomic E-state index is -1.36. The number of nitro groups is 2. The lowest BCUT2D eigenvalue weighted by atomic mass is 9.88. The fraction of sp³-hybridized carbons (Fsp3) is 0.450. The highest BCUT2D eigenvalue weighted by Crippen LogP contribution is 2.37. The third-order valence-corrected chi connectivity index (χ3v) is 4.59. The van der Waals surface area contributed by atoms with Crippen molar-refractivity contribution in [2.24, 2.45) is 5.92 Å². The van der Waals surface area contributed by atoms with Gasteiger partial charge < -0.3 is 4.74 Å². The summed E-state index contributed by atoms with van der Waals surface area (Å²) in [6.07, 6.45) is 1.37. The first-order valence-corrected chi connectivity index (χ1v) is 9.28. The number of methoxy groups -OCH3 is 1. The largest absolute Gasteiger partial charge is 0.493 e. The van der Waals surface area contributed by atoms with E-state index in [1.54, 1.807) is 6.07 Å². The summed E-state index contributed by atoms with van der Waals surface area (Å²) < 4.78 is 19.0. The predicted octanol–water partition coefficient (Wildman–Crippen LogP) is 4.17. The normalized spacial score (nSPS) is 16.4. The lowest BCUT2D eigenvalue weighted by Crippen LogP contribution is -2.13. The Morgan fingerprint density at radius 2 is 1.97 bits per heavy atom. The smallest absolute Gasteiger partial charge is 0.284 e. The molecule has 0 fully saturated rings. The van der Waals surface area contributed by atoms with Gasteiger partial charge in [-0.3, -0.25) is 25.0 Å². The van der Waals surface area contributed by atoms with Gasteiger partial charge in [-0.25, -0.2) is 0 Å². The van der Waals surface area contributed by atoms with Crippen molar-refractivity contribution in [1.29, 1.82) is 0 Å². The Morgan fingerprint density at radius 1 is 1.31 bits per heavy atom. The summed E-state index contributed by atoms with van der Waals surface area (Å²) in [7, 11) is 1.38. The number of allylic oxidation sites excluding steroid dienone is 2. The first kappa shape index (κ1) is 23.9. The van der Waals surface area contributed by atoms with Crippen LogP contribution in [0, 0.1) is 26.1 Å². The van der Waals surface area contributed by atoms with Crippen LogP contribution in [0.5, 0.6) is 5.75 Å². The van der Waals surface area contributed by atoms with Crippen molar-refractivity contribution in [3.8, 4) is 5.75 Å². The lowest BCUT2D eigenvalue weighted by Gasteiger charge is -2.16. The highest BCUT2D eigenvalue weighted by Gasteiger charge is 2.30. The molecule has 0 saturated heterocycles. The van der Waals surface area contributed by atoms with Gasteiger partial charge in [-0.2, -0.15) is 4.39 Å². The minimum absolute atomic E-state index is 0.162. The van der Waals surface area contributed by atoms with Crippen LogP contribution >= 0.6 is 0 Å².